The van der Waals surface area contributed by atoms with Gasteiger partial charge in [-0.05, 0) is 56.3 Å². The maximum Gasteiger partial charge on any atom is 0.0704 e. The Morgan fingerprint density at radius 3 is 2.69 bits per heavy atom. The molecule has 92 valence electrons. The lowest BCUT2D eigenvalue weighted by molar-refractivity contribution is -0.0631. The van der Waals surface area contributed by atoms with E-state index in [2.05, 4.69) is 33.8 Å². The van der Waals surface area contributed by atoms with Crippen LogP contribution in [0.5, 0.6) is 0 Å². The van der Waals surface area contributed by atoms with Crippen LogP contribution >= 0.6 is 0 Å². The third kappa shape index (κ3) is 1.73. The molecule has 1 saturated carbocycles. The Kier molecular flexibility index (Phi) is 2.94. The number of rotatable bonds is 1. The van der Waals surface area contributed by atoms with Gasteiger partial charge in [0.05, 0.1) is 5.60 Å². The van der Waals surface area contributed by atoms with Crippen LogP contribution in [0.3, 0.4) is 0 Å². The van der Waals surface area contributed by atoms with Gasteiger partial charge in [0.15, 0.2) is 0 Å². The molecule has 0 amide bonds. The van der Waals surface area contributed by atoms with Crippen molar-refractivity contribution >= 4 is 0 Å². The second-order valence-electron chi connectivity index (χ2n) is 6.65. The first-order valence-corrected chi connectivity index (χ1v) is 6.76. The van der Waals surface area contributed by atoms with E-state index in [1.807, 2.05) is 0 Å². The molecule has 16 heavy (non-hydrogen) atoms. The second kappa shape index (κ2) is 3.87. The molecule has 0 aliphatic heterocycles. The fraction of sp³-hybridized carbons (Fsp3) is 0.867. The zero-order valence-electron chi connectivity index (χ0n) is 11.2. The molecule has 0 unspecified atom stereocenters. The number of aliphatic hydroxyl groups is 1. The van der Waals surface area contributed by atoms with Gasteiger partial charge in [-0.15, -0.1) is 0 Å². The van der Waals surface area contributed by atoms with Crippen LogP contribution in [0, 0.1) is 17.3 Å². The fourth-order valence-corrected chi connectivity index (χ4v) is 3.85. The van der Waals surface area contributed by atoms with Crippen molar-refractivity contribution in [3.8, 4) is 0 Å². The number of allylic oxidation sites excluding steroid dienone is 2. The van der Waals surface area contributed by atoms with E-state index in [9.17, 15) is 5.11 Å². The molecular formula is C15H26O. The van der Waals surface area contributed by atoms with E-state index in [1.165, 1.54) is 31.3 Å². The highest BCUT2D eigenvalue weighted by Gasteiger charge is 2.54. The molecule has 1 fully saturated rings. The van der Waals surface area contributed by atoms with Crippen molar-refractivity contribution in [3.05, 3.63) is 11.6 Å². The van der Waals surface area contributed by atoms with Gasteiger partial charge in [0.25, 0.3) is 0 Å². The van der Waals surface area contributed by atoms with Crippen LogP contribution in [0.1, 0.15) is 59.8 Å². The SMILES string of the molecule is CC1=CC[C@@]2(C)CC[C@@](O)(C(C)C)[C@@H]2CC1. The van der Waals surface area contributed by atoms with Gasteiger partial charge in [-0.2, -0.15) is 0 Å². The highest BCUT2D eigenvalue weighted by molar-refractivity contribution is 5.13. The first-order valence-electron chi connectivity index (χ1n) is 6.76. The highest BCUT2D eigenvalue weighted by Crippen LogP contribution is 2.57. The van der Waals surface area contributed by atoms with Gasteiger partial charge in [0.2, 0.25) is 0 Å². The predicted molar refractivity (Wildman–Crippen MR) is 68.2 cm³/mol. The lowest BCUT2D eigenvalue weighted by Crippen LogP contribution is -2.43. The molecule has 0 saturated heterocycles. The highest BCUT2D eigenvalue weighted by atomic mass is 16.3. The van der Waals surface area contributed by atoms with Crippen molar-refractivity contribution in [1.82, 2.24) is 0 Å². The van der Waals surface area contributed by atoms with Crippen molar-refractivity contribution in [2.45, 2.75) is 65.4 Å². The van der Waals surface area contributed by atoms with Crippen molar-refractivity contribution in [2.75, 3.05) is 0 Å². The van der Waals surface area contributed by atoms with E-state index in [-0.39, 0.29) is 0 Å². The maximum absolute atomic E-state index is 10.9. The molecule has 0 aromatic heterocycles. The van der Waals surface area contributed by atoms with Crippen LogP contribution < -0.4 is 0 Å². The third-order valence-corrected chi connectivity index (χ3v) is 5.29. The number of hydrogen-bond donors (Lipinski definition) is 1. The standard InChI is InChI=1S/C15H26O/c1-11(2)15(16)10-9-14(4)8-7-12(3)5-6-13(14)15/h7,11,13,16H,5-6,8-10H2,1-4H3/t13-,14+,15-/m1/s1. The summed E-state index contributed by atoms with van der Waals surface area (Å²) in [6.45, 7) is 8.97. The third-order valence-electron chi connectivity index (χ3n) is 5.29. The van der Waals surface area contributed by atoms with Gasteiger partial charge in [-0.1, -0.05) is 32.4 Å². The molecule has 1 heteroatoms. The Bertz CT molecular complexity index is 305. The Balaban J connectivity index is 2.29. The monoisotopic (exact) mass is 222 g/mol. The summed E-state index contributed by atoms with van der Waals surface area (Å²) in [5, 5.41) is 10.9. The summed E-state index contributed by atoms with van der Waals surface area (Å²) in [6, 6.07) is 0. The summed E-state index contributed by atoms with van der Waals surface area (Å²) in [5.41, 5.74) is 1.45. The van der Waals surface area contributed by atoms with Crippen molar-refractivity contribution < 1.29 is 5.11 Å². The van der Waals surface area contributed by atoms with Crippen LogP contribution in [0.25, 0.3) is 0 Å². The maximum atomic E-state index is 10.9. The summed E-state index contributed by atoms with van der Waals surface area (Å²) >= 11 is 0. The summed E-state index contributed by atoms with van der Waals surface area (Å²) in [6.07, 6.45) is 8.11. The minimum Gasteiger partial charge on any atom is -0.389 e. The van der Waals surface area contributed by atoms with E-state index in [4.69, 9.17) is 0 Å². The minimum atomic E-state index is -0.410. The van der Waals surface area contributed by atoms with Crippen LogP contribution in [0.2, 0.25) is 0 Å². The van der Waals surface area contributed by atoms with Gasteiger partial charge < -0.3 is 5.11 Å². The molecule has 0 bridgehead atoms. The molecule has 1 N–H and O–H groups in total. The number of hydrogen-bond acceptors (Lipinski definition) is 1. The normalized spacial score (nSPS) is 44.1. The molecule has 2 aliphatic rings. The van der Waals surface area contributed by atoms with E-state index in [0.717, 1.165) is 6.42 Å². The summed E-state index contributed by atoms with van der Waals surface area (Å²) in [5.74, 6) is 0.881. The van der Waals surface area contributed by atoms with Crippen molar-refractivity contribution in [1.29, 1.82) is 0 Å². The first kappa shape index (κ1) is 12.2. The molecule has 0 aromatic carbocycles. The quantitative estimate of drug-likeness (QED) is 0.667. The molecule has 0 aromatic rings. The first-order chi connectivity index (χ1) is 7.38. The Labute approximate surface area is 99.9 Å². The van der Waals surface area contributed by atoms with Gasteiger partial charge in [0, 0.05) is 0 Å². The Hall–Kier alpha value is -0.300. The zero-order valence-corrected chi connectivity index (χ0v) is 11.2. The van der Waals surface area contributed by atoms with Gasteiger partial charge >= 0.3 is 0 Å². The topological polar surface area (TPSA) is 20.2 Å². The zero-order chi connectivity index (χ0) is 12.0. The number of fused-ring (bicyclic) bond motifs is 1. The van der Waals surface area contributed by atoms with E-state index < -0.39 is 5.60 Å². The average molecular weight is 222 g/mol. The smallest absolute Gasteiger partial charge is 0.0704 e. The molecule has 2 rings (SSSR count). The molecule has 0 spiro atoms. The van der Waals surface area contributed by atoms with Crippen molar-refractivity contribution in [3.63, 3.8) is 0 Å². The lowest BCUT2D eigenvalue weighted by atomic mass is 9.69. The summed E-state index contributed by atoms with van der Waals surface area (Å²) in [7, 11) is 0. The molecule has 0 heterocycles. The second-order valence-corrected chi connectivity index (χ2v) is 6.65. The molecule has 2 aliphatic carbocycles. The van der Waals surface area contributed by atoms with Gasteiger partial charge in [-0.3, -0.25) is 0 Å². The molecule has 1 nitrogen and oxygen atoms in total. The molecule has 0 radical (unpaired) electrons. The Morgan fingerprint density at radius 1 is 1.38 bits per heavy atom. The lowest BCUT2D eigenvalue weighted by Gasteiger charge is -2.40. The molecule has 3 atom stereocenters. The van der Waals surface area contributed by atoms with Crippen LogP contribution in [-0.2, 0) is 0 Å². The predicted octanol–water partition coefficient (Wildman–Crippen LogP) is 3.92. The van der Waals surface area contributed by atoms with Crippen molar-refractivity contribution in [2.24, 2.45) is 17.3 Å². The van der Waals surface area contributed by atoms with E-state index >= 15 is 0 Å². The fourth-order valence-electron chi connectivity index (χ4n) is 3.85. The van der Waals surface area contributed by atoms with Crippen LogP contribution in [0.15, 0.2) is 11.6 Å². The molecular weight excluding hydrogens is 196 g/mol. The summed E-state index contributed by atoms with van der Waals surface area (Å²) in [4.78, 5) is 0. The van der Waals surface area contributed by atoms with E-state index in [1.54, 1.807) is 0 Å². The Morgan fingerprint density at radius 2 is 2.06 bits per heavy atom. The van der Waals surface area contributed by atoms with Gasteiger partial charge in [0.1, 0.15) is 0 Å². The minimum absolute atomic E-state index is 0.344. The van der Waals surface area contributed by atoms with Crippen LogP contribution in [0.4, 0.5) is 0 Å². The largest absolute Gasteiger partial charge is 0.389 e. The summed E-state index contributed by atoms with van der Waals surface area (Å²) < 4.78 is 0. The average Bonchev–Trinajstić information content (AvgIpc) is 2.37. The van der Waals surface area contributed by atoms with E-state index in [0.29, 0.717) is 17.3 Å². The van der Waals surface area contributed by atoms with Gasteiger partial charge in [-0.25, -0.2) is 0 Å². The van der Waals surface area contributed by atoms with Crippen LogP contribution in [-0.4, -0.2) is 10.7 Å².